The fourth-order valence-electron chi connectivity index (χ4n) is 3.43. The van der Waals surface area contributed by atoms with Crippen LogP contribution in [0.3, 0.4) is 0 Å². The maximum Gasteiger partial charge on any atom is 0.226 e. The summed E-state index contributed by atoms with van der Waals surface area (Å²) in [5.41, 5.74) is -0.133. The summed E-state index contributed by atoms with van der Waals surface area (Å²) in [6.07, 6.45) is 8.59. The standard InChI is InChI=1S/C16H30N2O/c1-13-3-5-14(6-4-13)7-10-18-15(19)16(2)8-11-17-12-9-16/h13-14,17H,3-12H2,1-2H3,(H,18,19). The molecule has 0 spiro atoms. The highest BCUT2D eigenvalue weighted by molar-refractivity contribution is 5.82. The van der Waals surface area contributed by atoms with Gasteiger partial charge in [-0.2, -0.15) is 0 Å². The Bertz CT molecular complexity index is 289. The Balaban J connectivity index is 1.66. The van der Waals surface area contributed by atoms with E-state index in [0.29, 0.717) is 0 Å². The molecule has 0 aromatic carbocycles. The monoisotopic (exact) mass is 266 g/mol. The van der Waals surface area contributed by atoms with Crippen molar-refractivity contribution in [2.24, 2.45) is 17.3 Å². The molecule has 2 aliphatic rings. The first-order valence-corrected chi connectivity index (χ1v) is 8.09. The second-order valence-electron chi connectivity index (χ2n) is 6.98. The van der Waals surface area contributed by atoms with Crippen molar-refractivity contribution in [3.05, 3.63) is 0 Å². The lowest BCUT2D eigenvalue weighted by Gasteiger charge is -2.33. The smallest absolute Gasteiger partial charge is 0.226 e. The van der Waals surface area contributed by atoms with Crippen molar-refractivity contribution in [3.8, 4) is 0 Å². The maximum absolute atomic E-state index is 12.3. The highest BCUT2D eigenvalue weighted by Gasteiger charge is 2.34. The summed E-state index contributed by atoms with van der Waals surface area (Å²) in [6.45, 7) is 7.30. The first-order chi connectivity index (χ1) is 9.10. The zero-order chi connectivity index (χ0) is 13.7. The van der Waals surface area contributed by atoms with Gasteiger partial charge in [0, 0.05) is 12.0 Å². The van der Waals surface area contributed by atoms with E-state index in [1.165, 1.54) is 32.1 Å². The van der Waals surface area contributed by atoms with Crippen LogP contribution in [-0.4, -0.2) is 25.5 Å². The van der Waals surface area contributed by atoms with Gasteiger partial charge in [-0.25, -0.2) is 0 Å². The molecule has 1 saturated heterocycles. The van der Waals surface area contributed by atoms with Crippen LogP contribution in [0.15, 0.2) is 0 Å². The Labute approximate surface area is 117 Å². The van der Waals surface area contributed by atoms with Gasteiger partial charge in [0.15, 0.2) is 0 Å². The normalized spacial score (nSPS) is 30.8. The maximum atomic E-state index is 12.3. The molecular formula is C16H30N2O. The number of piperidine rings is 1. The zero-order valence-corrected chi connectivity index (χ0v) is 12.6. The molecular weight excluding hydrogens is 236 g/mol. The molecule has 0 aromatic rings. The molecule has 2 N–H and O–H groups in total. The van der Waals surface area contributed by atoms with E-state index in [1.807, 2.05) is 0 Å². The van der Waals surface area contributed by atoms with Gasteiger partial charge in [-0.15, -0.1) is 0 Å². The molecule has 1 saturated carbocycles. The Morgan fingerprint density at radius 2 is 1.84 bits per heavy atom. The number of amides is 1. The van der Waals surface area contributed by atoms with Crippen LogP contribution in [0.25, 0.3) is 0 Å². The van der Waals surface area contributed by atoms with Crippen molar-refractivity contribution >= 4 is 5.91 Å². The summed E-state index contributed by atoms with van der Waals surface area (Å²) in [5, 5.41) is 6.51. The summed E-state index contributed by atoms with van der Waals surface area (Å²) in [6, 6.07) is 0. The molecule has 3 nitrogen and oxygen atoms in total. The van der Waals surface area contributed by atoms with E-state index in [9.17, 15) is 4.79 Å². The van der Waals surface area contributed by atoms with Crippen LogP contribution in [0, 0.1) is 17.3 Å². The number of hydrogen-bond acceptors (Lipinski definition) is 2. The first kappa shape index (κ1) is 14.8. The number of carbonyl (C=O) groups excluding carboxylic acids is 1. The highest BCUT2D eigenvalue weighted by atomic mass is 16.2. The van der Waals surface area contributed by atoms with Gasteiger partial charge in [-0.1, -0.05) is 39.5 Å². The molecule has 2 rings (SSSR count). The Morgan fingerprint density at radius 1 is 1.21 bits per heavy atom. The molecule has 1 heterocycles. The quantitative estimate of drug-likeness (QED) is 0.821. The molecule has 0 bridgehead atoms. The molecule has 0 atom stereocenters. The number of carbonyl (C=O) groups is 1. The molecule has 0 radical (unpaired) electrons. The Kier molecular flexibility index (Phi) is 5.26. The molecule has 1 aliphatic carbocycles. The number of hydrogen-bond donors (Lipinski definition) is 2. The SMILES string of the molecule is CC1CCC(CCNC(=O)C2(C)CCNCC2)CC1. The summed E-state index contributed by atoms with van der Waals surface area (Å²) in [7, 11) is 0. The summed E-state index contributed by atoms with van der Waals surface area (Å²) in [4.78, 5) is 12.3. The molecule has 0 unspecified atom stereocenters. The van der Waals surface area contributed by atoms with Crippen LogP contribution in [0.4, 0.5) is 0 Å². The van der Waals surface area contributed by atoms with Crippen LogP contribution in [0.5, 0.6) is 0 Å². The average molecular weight is 266 g/mol. The van der Waals surface area contributed by atoms with Crippen molar-refractivity contribution in [1.29, 1.82) is 0 Å². The van der Waals surface area contributed by atoms with Crippen molar-refractivity contribution in [3.63, 3.8) is 0 Å². The third-order valence-electron chi connectivity index (χ3n) is 5.23. The van der Waals surface area contributed by atoms with Crippen molar-refractivity contribution in [1.82, 2.24) is 10.6 Å². The van der Waals surface area contributed by atoms with E-state index in [2.05, 4.69) is 24.5 Å². The molecule has 19 heavy (non-hydrogen) atoms. The van der Waals surface area contributed by atoms with E-state index < -0.39 is 0 Å². The second kappa shape index (κ2) is 6.74. The van der Waals surface area contributed by atoms with Gasteiger partial charge in [0.1, 0.15) is 0 Å². The summed E-state index contributed by atoms with van der Waals surface area (Å²) < 4.78 is 0. The molecule has 3 heteroatoms. The van der Waals surface area contributed by atoms with Gasteiger partial charge in [-0.05, 0) is 44.2 Å². The van der Waals surface area contributed by atoms with Crippen LogP contribution < -0.4 is 10.6 Å². The molecule has 1 amide bonds. The summed E-state index contributed by atoms with van der Waals surface area (Å²) >= 11 is 0. The van der Waals surface area contributed by atoms with Crippen LogP contribution in [0.2, 0.25) is 0 Å². The van der Waals surface area contributed by atoms with E-state index in [1.54, 1.807) is 0 Å². The third kappa shape index (κ3) is 4.20. The molecule has 2 fully saturated rings. The minimum absolute atomic E-state index is 0.133. The largest absolute Gasteiger partial charge is 0.356 e. The Morgan fingerprint density at radius 3 is 2.47 bits per heavy atom. The lowest BCUT2D eigenvalue weighted by atomic mass is 9.79. The fourth-order valence-corrected chi connectivity index (χ4v) is 3.43. The van der Waals surface area contributed by atoms with E-state index in [0.717, 1.165) is 44.3 Å². The lowest BCUT2D eigenvalue weighted by molar-refractivity contribution is -0.131. The molecule has 110 valence electrons. The van der Waals surface area contributed by atoms with Gasteiger partial charge in [0.05, 0.1) is 0 Å². The minimum atomic E-state index is -0.133. The average Bonchev–Trinajstić information content (AvgIpc) is 2.42. The lowest BCUT2D eigenvalue weighted by Crippen LogP contribution is -2.46. The van der Waals surface area contributed by atoms with Crippen LogP contribution in [-0.2, 0) is 4.79 Å². The zero-order valence-electron chi connectivity index (χ0n) is 12.6. The second-order valence-corrected chi connectivity index (χ2v) is 6.98. The van der Waals surface area contributed by atoms with Crippen LogP contribution in [0.1, 0.15) is 58.8 Å². The van der Waals surface area contributed by atoms with Crippen molar-refractivity contribution in [2.45, 2.75) is 58.8 Å². The number of rotatable bonds is 4. The topological polar surface area (TPSA) is 41.1 Å². The summed E-state index contributed by atoms with van der Waals surface area (Å²) in [5.74, 6) is 2.04. The van der Waals surface area contributed by atoms with E-state index in [-0.39, 0.29) is 11.3 Å². The van der Waals surface area contributed by atoms with Crippen molar-refractivity contribution in [2.75, 3.05) is 19.6 Å². The van der Waals surface area contributed by atoms with Gasteiger partial charge in [0.25, 0.3) is 0 Å². The minimum Gasteiger partial charge on any atom is -0.356 e. The molecule has 1 aliphatic heterocycles. The predicted molar refractivity (Wildman–Crippen MR) is 79.0 cm³/mol. The van der Waals surface area contributed by atoms with Crippen LogP contribution >= 0.6 is 0 Å². The predicted octanol–water partition coefficient (Wildman–Crippen LogP) is 2.71. The van der Waals surface area contributed by atoms with Gasteiger partial charge in [-0.3, -0.25) is 4.79 Å². The molecule has 0 aromatic heterocycles. The van der Waals surface area contributed by atoms with E-state index in [4.69, 9.17) is 0 Å². The van der Waals surface area contributed by atoms with E-state index >= 15 is 0 Å². The fraction of sp³-hybridized carbons (Fsp3) is 0.938. The first-order valence-electron chi connectivity index (χ1n) is 8.09. The van der Waals surface area contributed by atoms with Crippen molar-refractivity contribution < 1.29 is 4.79 Å². The Hall–Kier alpha value is -0.570. The van der Waals surface area contributed by atoms with Gasteiger partial charge < -0.3 is 10.6 Å². The third-order valence-corrected chi connectivity index (χ3v) is 5.23. The van der Waals surface area contributed by atoms with Gasteiger partial charge >= 0.3 is 0 Å². The highest BCUT2D eigenvalue weighted by Crippen LogP contribution is 2.30. The number of nitrogens with one attached hydrogen (secondary N) is 2. The van der Waals surface area contributed by atoms with Gasteiger partial charge in [0.2, 0.25) is 5.91 Å².